The van der Waals surface area contributed by atoms with Crippen LogP contribution >= 0.6 is 0 Å². The molecule has 16 heavy (non-hydrogen) atoms. The van der Waals surface area contributed by atoms with Gasteiger partial charge in [-0.3, -0.25) is 4.98 Å². The van der Waals surface area contributed by atoms with E-state index in [4.69, 9.17) is 0 Å². The average molecular weight is 220 g/mol. The molecule has 0 aliphatic carbocycles. The van der Waals surface area contributed by atoms with Crippen molar-refractivity contribution in [1.82, 2.24) is 15.3 Å². The van der Waals surface area contributed by atoms with Crippen LogP contribution in [0.1, 0.15) is 18.5 Å². The number of piperidine rings is 1. The summed E-state index contributed by atoms with van der Waals surface area (Å²) < 4.78 is 0. The van der Waals surface area contributed by atoms with Gasteiger partial charge in [-0.05, 0) is 39.3 Å². The van der Waals surface area contributed by atoms with E-state index in [0.29, 0.717) is 0 Å². The highest BCUT2D eigenvalue weighted by atomic mass is 15.2. The van der Waals surface area contributed by atoms with Crippen molar-refractivity contribution >= 4 is 5.82 Å². The lowest BCUT2D eigenvalue weighted by molar-refractivity contribution is 0.401. The van der Waals surface area contributed by atoms with Crippen LogP contribution in [0.4, 0.5) is 5.82 Å². The first-order valence-corrected chi connectivity index (χ1v) is 5.98. The topological polar surface area (TPSA) is 41.0 Å². The maximum atomic E-state index is 4.53. The lowest BCUT2D eigenvalue weighted by atomic mass is 9.98. The normalized spacial score (nSPS) is 21.1. The number of hydrogen-bond donors (Lipinski definition) is 1. The summed E-state index contributed by atoms with van der Waals surface area (Å²) in [5.74, 6) is 1.77. The first kappa shape index (κ1) is 11.3. The summed E-state index contributed by atoms with van der Waals surface area (Å²) >= 11 is 0. The number of anilines is 1. The minimum absolute atomic E-state index is 0.737. The van der Waals surface area contributed by atoms with Crippen LogP contribution in [-0.4, -0.2) is 36.6 Å². The second-order valence-corrected chi connectivity index (χ2v) is 4.53. The van der Waals surface area contributed by atoms with Crippen LogP contribution in [-0.2, 0) is 0 Å². The van der Waals surface area contributed by atoms with E-state index < -0.39 is 0 Å². The molecule has 0 bridgehead atoms. The fourth-order valence-electron chi connectivity index (χ4n) is 2.33. The molecule has 2 heterocycles. The molecule has 1 aromatic rings. The standard InChI is InChI=1S/C12H20N4/c1-10-6-14-8-12(15-10)16-5-3-4-11(9-16)7-13-2/h6,8,11,13H,3-5,7,9H2,1-2H3/t11-/m0/s1. The third-order valence-electron chi connectivity index (χ3n) is 3.08. The Morgan fingerprint density at radius 2 is 2.38 bits per heavy atom. The van der Waals surface area contributed by atoms with Crippen molar-refractivity contribution < 1.29 is 0 Å². The van der Waals surface area contributed by atoms with Crippen LogP contribution in [0, 0.1) is 12.8 Å². The van der Waals surface area contributed by atoms with Gasteiger partial charge in [0.2, 0.25) is 0 Å². The Morgan fingerprint density at radius 3 is 3.12 bits per heavy atom. The van der Waals surface area contributed by atoms with Gasteiger partial charge < -0.3 is 10.2 Å². The SMILES string of the molecule is CNC[C@@H]1CCCN(c2cncc(C)n2)C1. The van der Waals surface area contributed by atoms with Gasteiger partial charge in [-0.2, -0.15) is 0 Å². The van der Waals surface area contributed by atoms with Gasteiger partial charge in [0, 0.05) is 19.3 Å². The van der Waals surface area contributed by atoms with Crippen molar-refractivity contribution in [3.8, 4) is 0 Å². The van der Waals surface area contributed by atoms with Crippen LogP contribution in [0.25, 0.3) is 0 Å². The van der Waals surface area contributed by atoms with Crippen LogP contribution in [0.3, 0.4) is 0 Å². The molecule has 1 fully saturated rings. The highest BCUT2D eigenvalue weighted by Gasteiger charge is 2.20. The first-order valence-electron chi connectivity index (χ1n) is 5.98. The number of nitrogens with zero attached hydrogens (tertiary/aromatic N) is 3. The highest BCUT2D eigenvalue weighted by Crippen LogP contribution is 2.20. The quantitative estimate of drug-likeness (QED) is 0.831. The van der Waals surface area contributed by atoms with Gasteiger partial charge in [-0.1, -0.05) is 0 Å². The molecule has 1 saturated heterocycles. The Balaban J connectivity index is 2.03. The number of nitrogens with one attached hydrogen (secondary N) is 1. The Morgan fingerprint density at radius 1 is 1.50 bits per heavy atom. The zero-order chi connectivity index (χ0) is 11.4. The predicted octanol–water partition coefficient (Wildman–Crippen LogP) is 1.22. The first-order chi connectivity index (χ1) is 7.79. The van der Waals surface area contributed by atoms with Crippen molar-refractivity contribution in [3.63, 3.8) is 0 Å². The molecule has 1 aliphatic rings. The predicted molar refractivity (Wildman–Crippen MR) is 65.6 cm³/mol. The summed E-state index contributed by atoms with van der Waals surface area (Å²) in [4.78, 5) is 11.1. The number of hydrogen-bond acceptors (Lipinski definition) is 4. The summed E-state index contributed by atoms with van der Waals surface area (Å²) in [6.45, 7) is 5.29. The molecule has 2 rings (SSSR count). The summed E-state index contributed by atoms with van der Waals surface area (Å²) in [5.41, 5.74) is 0.994. The van der Waals surface area contributed by atoms with Crippen LogP contribution in [0.5, 0.6) is 0 Å². The van der Waals surface area contributed by atoms with Crippen molar-refractivity contribution in [3.05, 3.63) is 18.1 Å². The van der Waals surface area contributed by atoms with Crippen molar-refractivity contribution in [2.45, 2.75) is 19.8 Å². The molecule has 1 N–H and O–H groups in total. The second-order valence-electron chi connectivity index (χ2n) is 4.53. The van der Waals surface area contributed by atoms with E-state index in [2.05, 4.69) is 20.2 Å². The number of rotatable bonds is 3. The van der Waals surface area contributed by atoms with Crippen molar-refractivity contribution in [2.75, 3.05) is 31.6 Å². The average Bonchev–Trinajstić information content (AvgIpc) is 2.30. The van der Waals surface area contributed by atoms with Crippen LogP contribution in [0.15, 0.2) is 12.4 Å². The smallest absolute Gasteiger partial charge is 0.147 e. The molecule has 1 aromatic heterocycles. The van der Waals surface area contributed by atoms with E-state index in [-0.39, 0.29) is 0 Å². The van der Waals surface area contributed by atoms with E-state index in [9.17, 15) is 0 Å². The Kier molecular flexibility index (Phi) is 3.72. The third-order valence-corrected chi connectivity index (χ3v) is 3.08. The molecule has 4 nitrogen and oxygen atoms in total. The minimum Gasteiger partial charge on any atom is -0.355 e. The highest BCUT2D eigenvalue weighted by molar-refractivity contribution is 5.36. The second kappa shape index (κ2) is 5.25. The number of aromatic nitrogens is 2. The zero-order valence-corrected chi connectivity index (χ0v) is 10.1. The van der Waals surface area contributed by atoms with Gasteiger partial charge in [-0.15, -0.1) is 0 Å². The van der Waals surface area contributed by atoms with Gasteiger partial charge in [0.25, 0.3) is 0 Å². The molecular weight excluding hydrogens is 200 g/mol. The summed E-state index contributed by atoms with van der Waals surface area (Å²) in [7, 11) is 2.02. The summed E-state index contributed by atoms with van der Waals surface area (Å²) in [6, 6.07) is 0. The van der Waals surface area contributed by atoms with Gasteiger partial charge >= 0.3 is 0 Å². The molecule has 0 amide bonds. The Labute approximate surface area is 97.1 Å². The van der Waals surface area contributed by atoms with Gasteiger partial charge in [0.05, 0.1) is 11.9 Å². The molecular formula is C12H20N4. The summed E-state index contributed by atoms with van der Waals surface area (Å²) in [6.07, 6.45) is 6.24. The monoisotopic (exact) mass is 220 g/mol. The largest absolute Gasteiger partial charge is 0.355 e. The molecule has 0 radical (unpaired) electrons. The molecule has 0 spiro atoms. The fourth-order valence-corrected chi connectivity index (χ4v) is 2.33. The Hall–Kier alpha value is -1.16. The van der Waals surface area contributed by atoms with Crippen molar-refractivity contribution in [1.29, 1.82) is 0 Å². The fraction of sp³-hybridized carbons (Fsp3) is 0.667. The van der Waals surface area contributed by atoms with Gasteiger partial charge in [0.15, 0.2) is 0 Å². The zero-order valence-electron chi connectivity index (χ0n) is 10.1. The van der Waals surface area contributed by atoms with Crippen LogP contribution in [0.2, 0.25) is 0 Å². The van der Waals surface area contributed by atoms with Crippen molar-refractivity contribution in [2.24, 2.45) is 5.92 Å². The van der Waals surface area contributed by atoms with E-state index in [1.54, 1.807) is 6.20 Å². The minimum atomic E-state index is 0.737. The summed E-state index contributed by atoms with van der Waals surface area (Å²) in [5, 5.41) is 3.26. The molecule has 1 atom stereocenters. The van der Waals surface area contributed by atoms with E-state index in [0.717, 1.165) is 37.1 Å². The molecule has 0 aromatic carbocycles. The van der Waals surface area contributed by atoms with Gasteiger partial charge in [0.1, 0.15) is 5.82 Å². The lowest BCUT2D eigenvalue weighted by Crippen LogP contribution is -2.39. The molecule has 0 unspecified atom stereocenters. The maximum absolute atomic E-state index is 4.53. The maximum Gasteiger partial charge on any atom is 0.147 e. The number of aryl methyl sites for hydroxylation is 1. The van der Waals surface area contributed by atoms with E-state index in [1.807, 2.05) is 20.2 Å². The van der Waals surface area contributed by atoms with E-state index >= 15 is 0 Å². The molecule has 4 heteroatoms. The van der Waals surface area contributed by atoms with Crippen LogP contribution < -0.4 is 10.2 Å². The van der Waals surface area contributed by atoms with Gasteiger partial charge in [-0.25, -0.2) is 4.98 Å². The molecule has 0 saturated carbocycles. The third kappa shape index (κ3) is 2.70. The van der Waals surface area contributed by atoms with E-state index in [1.165, 1.54) is 12.8 Å². The molecule has 1 aliphatic heterocycles. The lowest BCUT2D eigenvalue weighted by Gasteiger charge is -2.33. The molecule has 88 valence electrons. The Bertz CT molecular complexity index is 338.